The molecule has 0 unspecified atom stereocenters. The van der Waals surface area contributed by atoms with Gasteiger partial charge < -0.3 is 8.98 Å². The lowest BCUT2D eigenvalue weighted by Crippen LogP contribution is -2.18. The number of fused-ring (bicyclic) bond motifs is 1. The van der Waals surface area contributed by atoms with E-state index in [1.807, 2.05) is 0 Å². The summed E-state index contributed by atoms with van der Waals surface area (Å²) in [5.74, 6) is 0. The van der Waals surface area contributed by atoms with Gasteiger partial charge in [0.1, 0.15) is 0 Å². The maximum Gasteiger partial charge on any atom is 0.350 e. The van der Waals surface area contributed by atoms with E-state index in [1.165, 1.54) is 4.57 Å². The van der Waals surface area contributed by atoms with Gasteiger partial charge in [-0.2, -0.15) is 4.98 Å². The summed E-state index contributed by atoms with van der Waals surface area (Å²) in [5.41, 5.74) is 0.0503. The molecule has 0 radical (unpaired) electrons. The van der Waals surface area contributed by atoms with Crippen LogP contribution in [0.25, 0.3) is 11.1 Å². The fourth-order valence-electron chi connectivity index (χ4n) is 0.974. The Morgan fingerprint density at radius 1 is 1.67 bits per heavy atom. The first-order chi connectivity index (χ1) is 5.66. The van der Waals surface area contributed by atoms with Gasteiger partial charge in [0.2, 0.25) is 5.71 Å². The standard InChI is InChI=1S/C7H5BrN2O2/c1-10-3-4-2-5(8)12-6(4)9-7(10)11/h2-3H,1H3. The van der Waals surface area contributed by atoms with Crippen LogP contribution in [0.5, 0.6) is 0 Å². The number of hydrogen-bond acceptors (Lipinski definition) is 3. The average molecular weight is 229 g/mol. The maximum absolute atomic E-state index is 11.0. The number of aryl methyl sites for hydroxylation is 1. The van der Waals surface area contributed by atoms with Crippen LogP contribution in [0.2, 0.25) is 0 Å². The van der Waals surface area contributed by atoms with Gasteiger partial charge in [0, 0.05) is 19.3 Å². The minimum atomic E-state index is -0.315. The lowest BCUT2D eigenvalue weighted by atomic mass is 10.4. The summed E-state index contributed by atoms with van der Waals surface area (Å²) in [4.78, 5) is 14.7. The Kier molecular flexibility index (Phi) is 1.54. The van der Waals surface area contributed by atoms with Gasteiger partial charge in [0.25, 0.3) is 0 Å². The smallest absolute Gasteiger partial charge is 0.350 e. The molecule has 2 aromatic heterocycles. The summed E-state index contributed by atoms with van der Waals surface area (Å²) < 4.78 is 7.08. The summed E-state index contributed by atoms with van der Waals surface area (Å²) in [7, 11) is 1.65. The number of rotatable bonds is 0. The summed E-state index contributed by atoms with van der Waals surface area (Å²) >= 11 is 3.16. The Labute approximate surface area is 76.0 Å². The molecule has 0 saturated heterocycles. The van der Waals surface area contributed by atoms with Crippen LogP contribution < -0.4 is 5.69 Å². The predicted molar refractivity (Wildman–Crippen MR) is 47.0 cm³/mol. The zero-order chi connectivity index (χ0) is 8.72. The minimum absolute atomic E-state index is 0.315. The number of aromatic nitrogens is 2. The lowest BCUT2D eigenvalue weighted by molar-refractivity contribution is 0.571. The average Bonchev–Trinajstić information content (AvgIpc) is 2.30. The molecule has 0 saturated carbocycles. The van der Waals surface area contributed by atoms with Crippen molar-refractivity contribution in [1.29, 1.82) is 0 Å². The lowest BCUT2D eigenvalue weighted by Gasteiger charge is -1.92. The first-order valence-corrected chi connectivity index (χ1v) is 4.09. The zero-order valence-electron chi connectivity index (χ0n) is 6.24. The van der Waals surface area contributed by atoms with Crippen molar-refractivity contribution in [3.05, 3.63) is 27.4 Å². The van der Waals surface area contributed by atoms with Crippen molar-refractivity contribution in [1.82, 2.24) is 9.55 Å². The normalized spacial score (nSPS) is 10.8. The Bertz CT molecular complexity index is 486. The second kappa shape index (κ2) is 2.45. The van der Waals surface area contributed by atoms with E-state index in [4.69, 9.17) is 4.42 Å². The molecule has 2 rings (SSSR count). The van der Waals surface area contributed by atoms with E-state index in [1.54, 1.807) is 19.3 Å². The van der Waals surface area contributed by atoms with Gasteiger partial charge in [0.15, 0.2) is 4.67 Å². The fraction of sp³-hybridized carbons (Fsp3) is 0.143. The third-order valence-electron chi connectivity index (χ3n) is 1.54. The highest BCUT2D eigenvalue weighted by molar-refractivity contribution is 9.10. The van der Waals surface area contributed by atoms with E-state index in [0.717, 1.165) is 5.39 Å². The Morgan fingerprint density at radius 3 is 3.17 bits per heavy atom. The van der Waals surface area contributed by atoms with Crippen LogP contribution in [0.15, 0.2) is 26.1 Å². The number of furan rings is 1. The number of halogens is 1. The maximum atomic E-state index is 11.0. The van der Waals surface area contributed by atoms with Crippen molar-refractivity contribution in [3.63, 3.8) is 0 Å². The highest BCUT2D eigenvalue weighted by Crippen LogP contribution is 2.19. The van der Waals surface area contributed by atoms with Crippen molar-refractivity contribution in [2.45, 2.75) is 0 Å². The van der Waals surface area contributed by atoms with Gasteiger partial charge >= 0.3 is 5.69 Å². The van der Waals surface area contributed by atoms with Crippen molar-refractivity contribution in [2.24, 2.45) is 7.05 Å². The van der Waals surface area contributed by atoms with Crippen molar-refractivity contribution < 1.29 is 4.42 Å². The van der Waals surface area contributed by atoms with E-state index in [0.29, 0.717) is 10.4 Å². The molecule has 4 nitrogen and oxygen atoms in total. The molecule has 0 amide bonds. The third kappa shape index (κ3) is 1.06. The zero-order valence-corrected chi connectivity index (χ0v) is 7.83. The van der Waals surface area contributed by atoms with Crippen molar-refractivity contribution in [3.8, 4) is 0 Å². The molecular formula is C7H5BrN2O2. The van der Waals surface area contributed by atoms with Gasteiger partial charge in [-0.3, -0.25) is 0 Å². The highest BCUT2D eigenvalue weighted by Gasteiger charge is 2.03. The second-order valence-electron chi connectivity index (χ2n) is 2.45. The monoisotopic (exact) mass is 228 g/mol. The largest absolute Gasteiger partial charge is 0.431 e. The molecule has 2 aromatic rings. The first-order valence-electron chi connectivity index (χ1n) is 3.29. The van der Waals surface area contributed by atoms with E-state index < -0.39 is 0 Å². The molecule has 0 spiro atoms. The van der Waals surface area contributed by atoms with Crippen molar-refractivity contribution in [2.75, 3.05) is 0 Å². The fourth-order valence-corrected chi connectivity index (χ4v) is 1.37. The van der Waals surface area contributed by atoms with E-state index in [9.17, 15) is 4.79 Å². The van der Waals surface area contributed by atoms with Crippen LogP contribution in [-0.2, 0) is 7.05 Å². The minimum Gasteiger partial charge on any atom is -0.431 e. The van der Waals surface area contributed by atoms with E-state index >= 15 is 0 Å². The first kappa shape index (κ1) is 7.54. The molecule has 0 N–H and O–H groups in total. The van der Waals surface area contributed by atoms with Crippen LogP contribution >= 0.6 is 15.9 Å². The number of hydrogen-bond donors (Lipinski definition) is 0. The summed E-state index contributed by atoms with van der Waals surface area (Å²) in [6, 6.07) is 1.77. The van der Waals surface area contributed by atoms with Crippen molar-refractivity contribution >= 4 is 27.0 Å². The topological polar surface area (TPSA) is 48.0 Å². The molecule has 62 valence electrons. The van der Waals surface area contributed by atoms with E-state index in [-0.39, 0.29) is 5.69 Å². The summed E-state index contributed by atoms with van der Waals surface area (Å²) in [5, 5.41) is 0.809. The molecule has 0 aliphatic carbocycles. The van der Waals surface area contributed by atoms with Gasteiger partial charge in [0.05, 0.1) is 5.39 Å². The highest BCUT2D eigenvalue weighted by atomic mass is 79.9. The third-order valence-corrected chi connectivity index (χ3v) is 1.93. The van der Waals surface area contributed by atoms with Crippen LogP contribution in [0.1, 0.15) is 0 Å². The second-order valence-corrected chi connectivity index (χ2v) is 3.23. The van der Waals surface area contributed by atoms with Gasteiger partial charge in [-0.25, -0.2) is 4.79 Å². The molecule has 0 bridgehead atoms. The van der Waals surface area contributed by atoms with E-state index in [2.05, 4.69) is 20.9 Å². The summed E-state index contributed by atoms with van der Waals surface area (Å²) in [6.45, 7) is 0. The van der Waals surface area contributed by atoms with Crippen LogP contribution in [-0.4, -0.2) is 9.55 Å². The molecule has 12 heavy (non-hydrogen) atoms. The molecule has 0 aliphatic rings. The van der Waals surface area contributed by atoms with Crippen LogP contribution in [0.4, 0.5) is 0 Å². The summed E-state index contributed by atoms with van der Waals surface area (Å²) in [6.07, 6.45) is 1.68. The molecule has 0 atom stereocenters. The number of nitrogens with zero attached hydrogens (tertiary/aromatic N) is 2. The molecule has 0 fully saturated rings. The van der Waals surface area contributed by atoms with Crippen LogP contribution in [0, 0.1) is 0 Å². The van der Waals surface area contributed by atoms with Gasteiger partial charge in [-0.15, -0.1) is 0 Å². The van der Waals surface area contributed by atoms with Gasteiger partial charge in [-0.05, 0) is 15.9 Å². The predicted octanol–water partition coefficient (Wildman–Crippen LogP) is 1.29. The van der Waals surface area contributed by atoms with Crippen LogP contribution in [0.3, 0.4) is 0 Å². The Hall–Kier alpha value is -1.10. The molecule has 0 aromatic carbocycles. The quantitative estimate of drug-likeness (QED) is 0.683. The Morgan fingerprint density at radius 2 is 2.42 bits per heavy atom. The molecular weight excluding hydrogens is 224 g/mol. The molecule has 2 heterocycles. The Balaban J connectivity index is 2.92. The molecule has 5 heteroatoms. The SMILES string of the molecule is Cn1cc2cc(Br)oc2nc1=O. The molecule has 0 aliphatic heterocycles. The van der Waals surface area contributed by atoms with Gasteiger partial charge in [-0.1, -0.05) is 0 Å².